The summed E-state index contributed by atoms with van der Waals surface area (Å²) >= 11 is 0. The molecule has 0 saturated heterocycles. The number of carboxylic acid groups (broad SMARTS) is 1. The van der Waals surface area contributed by atoms with Crippen molar-refractivity contribution >= 4 is 23.3 Å². The van der Waals surface area contributed by atoms with Crippen molar-refractivity contribution < 1.29 is 14.7 Å². The van der Waals surface area contributed by atoms with E-state index < -0.39 is 11.9 Å². The highest BCUT2D eigenvalue weighted by Gasteiger charge is 2.11. The third kappa shape index (κ3) is 4.95. The van der Waals surface area contributed by atoms with Crippen molar-refractivity contribution in [1.82, 2.24) is 0 Å². The monoisotopic (exact) mass is 349 g/mol. The van der Waals surface area contributed by atoms with Gasteiger partial charge in [0, 0.05) is 17.6 Å². The minimum atomic E-state index is -0.902. The van der Waals surface area contributed by atoms with Gasteiger partial charge in [-0.1, -0.05) is 24.3 Å². The predicted molar refractivity (Wildman–Crippen MR) is 99.6 cm³/mol. The number of benzene rings is 2. The molecular weight excluding hydrogens is 330 g/mol. The molecule has 132 valence electrons. The fourth-order valence-corrected chi connectivity index (χ4v) is 2.27. The van der Waals surface area contributed by atoms with Crippen LogP contribution >= 0.6 is 0 Å². The van der Waals surface area contributed by atoms with Gasteiger partial charge in [-0.15, -0.1) is 0 Å². The lowest BCUT2D eigenvalue weighted by molar-refractivity contribution is -0.136. The van der Waals surface area contributed by atoms with Crippen LogP contribution in [0, 0.1) is 25.2 Å². The van der Waals surface area contributed by atoms with Gasteiger partial charge in [-0.05, 0) is 48.7 Å². The maximum Gasteiger partial charge on any atom is 0.307 e. The smallest absolute Gasteiger partial charge is 0.307 e. The molecule has 0 aliphatic carbocycles. The van der Waals surface area contributed by atoms with Gasteiger partial charge in [0.25, 0.3) is 5.91 Å². The maximum absolute atomic E-state index is 12.3. The van der Waals surface area contributed by atoms with Gasteiger partial charge < -0.3 is 15.7 Å². The van der Waals surface area contributed by atoms with Crippen LogP contribution in [-0.2, 0) is 16.0 Å². The van der Waals surface area contributed by atoms with Crippen LogP contribution in [0.5, 0.6) is 0 Å². The Labute approximate surface area is 151 Å². The van der Waals surface area contributed by atoms with Crippen LogP contribution in [0.4, 0.5) is 11.4 Å². The van der Waals surface area contributed by atoms with Crippen molar-refractivity contribution in [3.8, 4) is 6.07 Å². The normalized spacial score (nSPS) is 10.7. The molecule has 0 radical (unpaired) electrons. The molecule has 0 atom stereocenters. The minimum absolute atomic E-state index is 0.0577. The molecule has 6 heteroatoms. The first-order chi connectivity index (χ1) is 12.4. The molecule has 0 fully saturated rings. The number of nitrogens with zero attached hydrogens (tertiary/aromatic N) is 1. The van der Waals surface area contributed by atoms with Crippen LogP contribution in [0.15, 0.2) is 54.2 Å². The molecule has 0 aliphatic rings. The summed E-state index contributed by atoms with van der Waals surface area (Å²) in [6, 6.07) is 14.2. The van der Waals surface area contributed by atoms with E-state index in [0.29, 0.717) is 16.9 Å². The van der Waals surface area contributed by atoms with Gasteiger partial charge in [0.2, 0.25) is 0 Å². The Kier molecular flexibility index (Phi) is 6.12. The van der Waals surface area contributed by atoms with Crippen molar-refractivity contribution in [2.24, 2.45) is 0 Å². The molecule has 0 spiro atoms. The number of carbonyl (C=O) groups excluding carboxylic acids is 1. The number of anilines is 2. The van der Waals surface area contributed by atoms with Crippen LogP contribution in [0.1, 0.15) is 16.7 Å². The SMILES string of the molecule is Cc1cccc(NC(=O)/C(C#N)=C\Nc2ccc(CC(=O)O)cc2)c1C. The van der Waals surface area contributed by atoms with E-state index in [0.717, 1.165) is 11.1 Å². The third-order valence-electron chi connectivity index (χ3n) is 3.91. The Morgan fingerprint density at radius 1 is 1.15 bits per heavy atom. The zero-order valence-electron chi connectivity index (χ0n) is 14.5. The molecule has 0 unspecified atom stereocenters. The van der Waals surface area contributed by atoms with E-state index in [2.05, 4.69) is 10.6 Å². The summed E-state index contributed by atoms with van der Waals surface area (Å²) in [7, 11) is 0. The third-order valence-corrected chi connectivity index (χ3v) is 3.91. The Balaban J connectivity index is 2.07. The molecule has 26 heavy (non-hydrogen) atoms. The standard InChI is InChI=1S/C20H19N3O3/c1-13-4-3-5-18(14(13)2)23-20(26)16(11-21)12-22-17-8-6-15(7-9-17)10-19(24)25/h3-9,12,22H,10H2,1-2H3,(H,23,26)(H,24,25)/b16-12-. The molecule has 6 nitrogen and oxygen atoms in total. The van der Waals surface area contributed by atoms with Crippen LogP contribution in [0.25, 0.3) is 0 Å². The molecule has 1 amide bonds. The van der Waals surface area contributed by atoms with Crippen molar-refractivity contribution in [2.75, 3.05) is 10.6 Å². The number of hydrogen-bond acceptors (Lipinski definition) is 4. The molecule has 2 aromatic rings. The number of hydrogen-bond donors (Lipinski definition) is 3. The number of carbonyl (C=O) groups is 2. The fourth-order valence-electron chi connectivity index (χ4n) is 2.27. The van der Waals surface area contributed by atoms with E-state index in [1.807, 2.05) is 32.0 Å². The highest BCUT2D eigenvalue weighted by atomic mass is 16.4. The van der Waals surface area contributed by atoms with Gasteiger partial charge in [0.1, 0.15) is 11.6 Å². The number of nitriles is 1. The molecular formula is C20H19N3O3. The first kappa shape index (κ1) is 18.7. The van der Waals surface area contributed by atoms with Crippen molar-refractivity contribution in [2.45, 2.75) is 20.3 Å². The van der Waals surface area contributed by atoms with Gasteiger partial charge in [0.15, 0.2) is 0 Å². The zero-order valence-corrected chi connectivity index (χ0v) is 14.5. The number of aryl methyl sites for hydroxylation is 1. The van der Waals surface area contributed by atoms with Gasteiger partial charge in [-0.3, -0.25) is 9.59 Å². The second-order valence-corrected chi connectivity index (χ2v) is 5.78. The quantitative estimate of drug-likeness (QED) is 0.548. The molecule has 0 heterocycles. The van der Waals surface area contributed by atoms with E-state index in [1.54, 1.807) is 30.3 Å². The van der Waals surface area contributed by atoms with Crippen molar-refractivity contribution in [3.63, 3.8) is 0 Å². The molecule has 0 saturated carbocycles. The first-order valence-electron chi connectivity index (χ1n) is 7.96. The van der Waals surface area contributed by atoms with E-state index in [-0.39, 0.29) is 12.0 Å². The predicted octanol–water partition coefficient (Wildman–Crippen LogP) is 3.39. The molecule has 3 N–H and O–H groups in total. The number of carboxylic acids is 1. The summed E-state index contributed by atoms with van der Waals surface area (Å²) in [5.41, 5.74) is 3.89. The van der Waals surface area contributed by atoms with E-state index >= 15 is 0 Å². The zero-order chi connectivity index (χ0) is 19.1. The average molecular weight is 349 g/mol. The largest absolute Gasteiger partial charge is 0.481 e. The summed E-state index contributed by atoms with van der Waals surface area (Å²) < 4.78 is 0. The summed E-state index contributed by atoms with van der Waals surface area (Å²) in [5, 5.41) is 23.6. The number of aliphatic carboxylic acids is 1. The van der Waals surface area contributed by atoms with E-state index in [4.69, 9.17) is 5.11 Å². The Bertz CT molecular complexity index is 894. The average Bonchev–Trinajstić information content (AvgIpc) is 2.60. The van der Waals surface area contributed by atoms with Crippen LogP contribution in [0.2, 0.25) is 0 Å². The molecule has 2 aromatic carbocycles. The fraction of sp³-hybridized carbons (Fsp3) is 0.150. The van der Waals surface area contributed by atoms with E-state index in [1.165, 1.54) is 6.20 Å². The first-order valence-corrected chi connectivity index (χ1v) is 7.96. The molecule has 0 aromatic heterocycles. The summed E-state index contributed by atoms with van der Waals surface area (Å²) in [4.78, 5) is 23.0. The lowest BCUT2D eigenvalue weighted by atomic mass is 10.1. The number of amides is 1. The van der Waals surface area contributed by atoms with Crippen molar-refractivity contribution in [1.29, 1.82) is 5.26 Å². The Morgan fingerprint density at radius 2 is 1.85 bits per heavy atom. The molecule has 0 bridgehead atoms. The second-order valence-electron chi connectivity index (χ2n) is 5.78. The second kappa shape index (κ2) is 8.49. The lowest BCUT2D eigenvalue weighted by Gasteiger charge is -2.10. The Morgan fingerprint density at radius 3 is 2.46 bits per heavy atom. The van der Waals surface area contributed by atoms with Crippen LogP contribution in [-0.4, -0.2) is 17.0 Å². The Hall–Kier alpha value is -3.59. The number of nitrogens with one attached hydrogen (secondary N) is 2. The lowest BCUT2D eigenvalue weighted by Crippen LogP contribution is -2.15. The van der Waals surface area contributed by atoms with Gasteiger partial charge in [-0.2, -0.15) is 5.26 Å². The molecule has 2 rings (SSSR count). The van der Waals surface area contributed by atoms with Gasteiger partial charge in [0.05, 0.1) is 6.42 Å². The van der Waals surface area contributed by atoms with Crippen LogP contribution < -0.4 is 10.6 Å². The summed E-state index contributed by atoms with van der Waals surface area (Å²) in [5.74, 6) is -1.41. The highest BCUT2D eigenvalue weighted by molar-refractivity contribution is 6.07. The van der Waals surface area contributed by atoms with Crippen molar-refractivity contribution in [3.05, 3.63) is 70.9 Å². The van der Waals surface area contributed by atoms with Gasteiger partial charge in [-0.25, -0.2) is 0 Å². The topological polar surface area (TPSA) is 102 Å². The van der Waals surface area contributed by atoms with E-state index in [9.17, 15) is 14.9 Å². The molecule has 0 aliphatic heterocycles. The minimum Gasteiger partial charge on any atom is -0.481 e. The maximum atomic E-state index is 12.3. The van der Waals surface area contributed by atoms with Gasteiger partial charge >= 0.3 is 5.97 Å². The summed E-state index contributed by atoms with van der Waals surface area (Å²) in [6.45, 7) is 3.85. The number of rotatable bonds is 6. The summed E-state index contributed by atoms with van der Waals surface area (Å²) in [6.07, 6.45) is 1.27. The highest BCUT2D eigenvalue weighted by Crippen LogP contribution is 2.18. The van der Waals surface area contributed by atoms with Crippen LogP contribution in [0.3, 0.4) is 0 Å².